The van der Waals surface area contributed by atoms with E-state index >= 15 is 0 Å². The van der Waals surface area contributed by atoms with Gasteiger partial charge in [0.25, 0.3) is 0 Å². The maximum Gasteiger partial charge on any atom is 0.237 e. The van der Waals surface area contributed by atoms with Gasteiger partial charge in [0.15, 0.2) is 11.6 Å². The average Bonchev–Trinajstić information content (AvgIpc) is 3.03. The number of nitrogens with two attached hydrogens (primary N) is 1. The van der Waals surface area contributed by atoms with Gasteiger partial charge in [-0.25, -0.2) is 9.07 Å². The number of nitrogen functional groups attached to an aromatic ring is 1. The third-order valence-corrected chi connectivity index (χ3v) is 5.01. The summed E-state index contributed by atoms with van der Waals surface area (Å²) in [6.07, 6.45) is 0. The Balaban J connectivity index is 1.70. The Kier molecular flexibility index (Phi) is 5.74. The fourth-order valence-corrected chi connectivity index (χ4v) is 3.19. The van der Waals surface area contributed by atoms with Crippen LogP contribution in [0.2, 0.25) is 0 Å². The lowest BCUT2D eigenvalue weighted by molar-refractivity contribution is -0.115. The van der Waals surface area contributed by atoms with Crippen LogP contribution < -0.4 is 11.2 Å². The number of amides is 1. The van der Waals surface area contributed by atoms with E-state index in [0.717, 1.165) is 11.8 Å². The molecule has 1 aromatic heterocycles. The molecule has 7 nitrogen and oxygen atoms in total. The largest absolute Gasteiger partial charge is 0.335 e. The smallest absolute Gasteiger partial charge is 0.237 e. The average molecular weight is 399 g/mol. The Bertz CT molecular complexity index is 1020. The molecule has 9 heteroatoms. The van der Waals surface area contributed by atoms with Gasteiger partial charge < -0.3 is 11.2 Å². The van der Waals surface area contributed by atoms with Crippen LogP contribution in [-0.2, 0) is 4.79 Å². The fourth-order valence-electron chi connectivity index (χ4n) is 2.42. The van der Waals surface area contributed by atoms with Crippen LogP contribution in [0.3, 0.4) is 0 Å². The molecular weight excluding hydrogens is 381 g/mol. The number of hydrogen-bond acceptors (Lipinski definition) is 6. The summed E-state index contributed by atoms with van der Waals surface area (Å²) in [5, 5.41) is 10.6. The van der Waals surface area contributed by atoms with Gasteiger partial charge in [-0.2, -0.15) is 0 Å². The van der Waals surface area contributed by atoms with Crippen LogP contribution in [0.1, 0.15) is 24.2 Å². The van der Waals surface area contributed by atoms with Crippen molar-refractivity contribution < 1.29 is 14.0 Å². The van der Waals surface area contributed by atoms with Crippen LogP contribution in [0.25, 0.3) is 11.4 Å². The normalized spacial score (nSPS) is 11.8. The molecule has 1 atom stereocenters. The lowest BCUT2D eigenvalue weighted by Crippen LogP contribution is -2.23. The first-order valence-electron chi connectivity index (χ1n) is 8.40. The van der Waals surface area contributed by atoms with E-state index in [0.29, 0.717) is 27.8 Å². The van der Waals surface area contributed by atoms with E-state index in [1.807, 2.05) is 0 Å². The molecule has 0 bridgehead atoms. The van der Waals surface area contributed by atoms with Gasteiger partial charge in [0.1, 0.15) is 5.82 Å². The Hall–Kier alpha value is -3.20. The van der Waals surface area contributed by atoms with Crippen molar-refractivity contribution in [1.82, 2.24) is 14.9 Å². The first kappa shape index (κ1) is 19.6. The number of anilines is 1. The number of halogens is 1. The minimum atomic E-state index is -0.520. The van der Waals surface area contributed by atoms with Crippen LogP contribution in [-0.4, -0.2) is 31.8 Å². The summed E-state index contributed by atoms with van der Waals surface area (Å²) in [5.74, 6) is 5.69. The van der Waals surface area contributed by atoms with Crippen molar-refractivity contribution in [3.8, 4) is 11.4 Å². The predicted octanol–water partition coefficient (Wildman–Crippen LogP) is 3.12. The molecule has 0 aliphatic rings. The number of nitrogens with zero attached hydrogens (tertiary/aromatic N) is 3. The highest BCUT2D eigenvalue weighted by atomic mass is 32.2. The predicted molar refractivity (Wildman–Crippen MR) is 106 cm³/mol. The van der Waals surface area contributed by atoms with Gasteiger partial charge in [0.05, 0.1) is 5.25 Å². The molecule has 0 aliphatic carbocycles. The van der Waals surface area contributed by atoms with E-state index in [4.69, 9.17) is 5.84 Å². The van der Waals surface area contributed by atoms with Gasteiger partial charge >= 0.3 is 0 Å². The third-order valence-electron chi connectivity index (χ3n) is 3.96. The molecule has 144 valence electrons. The van der Waals surface area contributed by atoms with Gasteiger partial charge in [0.2, 0.25) is 11.1 Å². The van der Waals surface area contributed by atoms with Crippen molar-refractivity contribution in [2.24, 2.45) is 0 Å². The monoisotopic (exact) mass is 399 g/mol. The summed E-state index contributed by atoms with van der Waals surface area (Å²) in [7, 11) is 0. The fraction of sp³-hybridized carbons (Fsp3) is 0.158. The van der Waals surface area contributed by atoms with Crippen molar-refractivity contribution in [2.45, 2.75) is 24.3 Å². The van der Waals surface area contributed by atoms with Crippen molar-refractivity contribution >= 4 is 29.1 Å². The second-order valence-corrected chi connectivity index (χ2v) is 7.38. The zero-order valence-electron chi connectivity index (χ0n) is 15.2. The summed E-state index contributed by atoms with van der Waals surface area (Å²) in [5.41, 5.74) is 1.66. The summed E-state index contributed by atoms with van der Waals surface area (Å²) >= 11 is 1.14. The first-order valence-corrected chi connectivity index (χ1v) is 9.28. The Morgan fingerprint density at radius 1 is 1.18 bits per heavy atom. The van der Waals surface area contributed by atoms with Gasteiger partial charge in [-0.3, -0.25) is 9.59 Å². The number of Topliss-reactive ketones (excluding diaryl/α,β-unsaturated/α-hetero) is 1. The molecule has 0 aliphatic heterocycles. The molecule has 1 amide bonds. The topological polar surface area (TPSA) is 103 Å². The van der Waals surface area contributed by atoms with Crippen LogP contribution >= 0.6 is 11.8 Å². The molecule has 3 aromatic rings. The number of carbonyl (C=O) groups is 2. The Morgan fingerprint density at radius 3 is 2.57 bits per heavy atom. The molecule has 2 aromatic carbocycles. The Labute approximate surface area is 165 Å². The summed E-state index contributed by atoms with van der Waals surface area (Å²) in [6.45, 7) is 3.17. The van der Waals surface area contributed by atoms with Crippen LogP contribution in [0, 0.1) is 5.82 Å². The highest BCUT2D eigenvalue weighted by Crippen LogP contribution is 2.25. The number of benzene rings is 2. The van der Waals surface area contributed by atoms with Crippen LogP contribution in [0.4, 0.5) is 10.1 Å². The van der Waals surface area contributed by atoms with Gasteiger partial charge in [0, 0.05) is 16.8 Å². The van der Waals surface area contributed by atoms with Gasteiger partial charge in [-0.05, 0) is 50.2 Å². The molecule has 0 saturated carbocycles. The van der Waals surface area contributed by atoms with E-state index in [2.05, 4.69) is 15.5 Å². The molecule has 28 heavy (non-hydrogen) atoms. The van der Waals surface area contributed by atoms with Crippen LogP contribution in [0.15, 0.2) is 53.7 Å². The number of rotatable bonds is 6. The highest BCUT2D eigenvalue weighted by Gasteiger charge is 2.20. The molecule has 0 spiro atoms. The Morgan fingerprint density at radius 2 is 1.89 bits per heavy atom. The maximum atomic E-state index is 13.1. The summed E-state index contributed by atoms with van der Waals surface area (Å²) < 4.78 is 14.3. The maximum absolute atomic E-state index is 13.1. The zero-order valence-corrected chi connectivity index (χ0v) is 16.0. The zero-order chi connectivity index (χ0) is 20.3. The molecule has 0 saturated heterocycles. The van der Waals surface area contributed by atoms with E-state index < -0.39 is 5.25 Å². The number of hydrogen-bond donors (Lipinski definition) is 2. The lowest BCUT2D eigenvalue weighted by Gasteiger charge is -2.12. The number of aromatic nitrogens is 3. The molecule has 3 N–H and O–H groups in total. The van der Waals surface area contributed by atoms with Gasteiger partial charge in [-0.1, -0.05) is 23.9 Å². The molecule has 1 unspecified atom stereocenters. The molecule has 0 radical (unpaired) electrons. The molecule has 3 rings (SSSR count). The SMILES string of the molecule is CC(=O)c1cccc(NC(=O)C(C)Sc2nnc(-c3ccc(F)cc3)n2N)c1. The minimum Gasteiger partial charge on any atom is -0.335 e. The van der Waals surface area contributed by atoms with Crippen molar-refractivity contribution in [2.75, 3.05) is 11.2 Å². The highest BCUT2D eigenvalue weighted by molar-refractivity contribution is 8.00. The first-order chi connectivity index (χ1) is 13.3. The number of nitrogens with one attached hydrogen (secondary N) is 1. The van der Waals surface area contributed by atoms with Crippen molar-refractivity contribution in [1.29, 1.82) is 0 Å². The van der Waals surface area contributed by atoms with E-state index in [-0.39, 0.29) is 17.5 Å². The van der Waals surface area contributed by atoms with E-state index in [9.17, 15) is 14.0 Å². The molecule has 1 heterocycles. The number of ketones is 1. The number of thioether (sulfide) groups is 1. The standard InChI is InChI=1S/C19H18FN5O2S/c1-11(26)14-4-3-5-16(10-14)22-18(27)12(2)28-19-24-23-17(25(19)21)13-6-8-15(20)9-7-13/h3-10,12H,21H2,1-2H3,(H,22,27). The van der Waals surface area contributed by atoms with E-state index in [1.165, 1.54) is 23.7 Å². The second kappa shape index (κ2) is 8.22. The summed E-state index contributed by atoms with van der Waals surface area (Å²) in [4.78, 5) is 23.9. The third kappa shape index (κ3) is 4.37. The van der Waals surface area contributed by atoms with Crippen LogP contribution in [0.5, 0.6) is 0 Å². The quantitative estimate of drug-likeness (QED) is 0.375. The summed E-state index contributed by atoms with van der Waals surface area (Å²) in [6, 6.07) is 12.4. The van der Waals surface area contributed by atoms with Gasteiger partial charge in [-0.15, -0.1) is 10.2 Å². The number of carbonyl (C=O) groups excluding carboxylic acids is 2. The van der Waals surface area contributed by atoms with Crippen molar-refractivity contribution in [3.63, 3.8) is 0 Å². The second-order valence-electron chi connectivity index (χ2n) is 6.07. The molecule has 0 fully saturated rings. The van der Waals surface area contributed by atoms with Crippen molar-refractivity contribution in [3.05, 3.63) is 59.9 Å². The molecular formula is C19H18FN5O2S. The minimum absolute atomic E-state index is 0.0805. The lowest BCUT2D eigenvalue weighted by atomic mass is 10.1. The van der Waals surface area contributed by atoms with E-state index in [1.54, 1.807) is 43.3 Å².